The third kappa shape index (κ3) is 3.34. The van der Waals surface area contributed by atoms with E-state index >= 15 is 0 Å². The van der Waals surface area contributed by atoms with Gasteiger partial charge >= 0.3 is 0 Å². The number of nitrogens with zero attached hydrogens (tertiary/aromatic N) is 3. The lowest BCUT2D eigenvalue weighted by Crippen LogP contribution is -2.48. The minimum Gasteiger partial charge on any atom is -0.384 e. The highest BCUT2D eigenvalue weighted by molar-refractivity contribution is 6.03. The number of nitro groups is 1. The van der Waals surface area contributed by atoms with E-state index in [0.717, 1.165) is 24.4 Å². The molecule has 0 N–H and O–H groups in total. The van der Waals surface area contributed by atoms with Crippen LogP contribution < -0.4 is 0 Å². The van der Waals surface area contributed by atoms with Crippen LogP contribution in [0.5, 0.6) is 0 Å². The Labute approximate surface area is 133 Å². The molecule has 23 heavy (non-hydrogen) atoms. The zero-order valence-corrected chi connectivity index (χ0v) is 12.9. The molecule has 0 unspecified atom stereocenters. The molecule has 1 fully saturated rings. The Bertz CT molecular complexity index is 583. The van der Waals surface area contributed by atoms with Crippen molar-refractivity contribution in [3.05, 3.63) is 39.9 Å². The van der Waals surface area contributed by atoms with E-state index in [-0.39, 0.29) is 17.8 Å². The maximum Gasteiger partial charge on any atom is 0.269 e. The summed E-state index contributed by atoms with van der Waals surface area (Å²) in [6.45, 7) is 3.39. The van der Waals surface area contributed by atoms with Crippen molar-refractivity contribution in [2.75, 3.05) is 40.0 Å². The van der Waals surface area contributed by atoms with Gasteiger partial charge in [0.1, 0.15) is 0 Å². The van der Waals surface area contributed by atoms with E-state index in [1.807, 2.05) is 0 Å². The molecule has 1 saturated heterocycles. The molecule has 3 rings (SSSR count). The second-order valence-corrected chi connectivity index (χ2v) is 5.49. The van der Waals surface area contributed by atoms with Gasteiger partial charge < -0.3 is 14.3 Å². The number of hydrogen-bond donors (Lipinski definition) is 0. The summed E-state index contributed by atoms with van der Waals surface area (Å²) >= 11 is 0. The zero-order chi connectivity index (χ0) is 16.2. The molecule has 0 radical (unpaired) electrons. The van der Waals surface area contributed by atoms with Crippen molar-refractivity contribution in [1.29, 1.82) is 0 Å². The van der Waals surface area contributed by atoms with Crippen LogP contribution in [0, 0.1) is 16.0 Å². The van der Waals surface area contributed by atoms with E-state index in [9.17, 15) is 10.1 Å². The number of methoxy groups -OCH3 is 1. The normalized spacial score (nSPS) is 25.0. The molecule has 1 aromatic carbocycles. The van der Waals surface area contributed by atoms with Crippen LogP contribution in [-0.2, 0) is 14.3 Å². The van der Waals surface area contributed by atoms with Gasteiger partial charge in [0.2, 0.25) is 0 Å². The maximum absolute atomic E-state index is 10.8. The van der Waals surface area contributed by atoms with Crippen molar-refractivity contribution in [2.45, 2.75) is 6.23 Å². The summed E-state index contributed by atoms with van der Waals surface area (Å²) in [6.07, 6.45) is -0.191. The average Bonchev–Trinajstić information content (AvgIpc) is 3.00. The predicted octanol–water partition coefficient (Wildman–Crippen LogP) is 1.25. The van der Waals surface area contributed by atoms with Crippen LogP contribution in [0.2, 0.25) is 0 Å². The van der Waals surface area contributed by atoms with Gasteiger partial charge in [-0.2, -0.15) is 0 Å². The Morgan fingerprint density at radius 3 is 2.65 bits per heavy atom. The van der Waals surface area contributed by atoms with Crippen molar-refractivity contribution in [3.8, 4) is 0 Å². The summed E-state index contributed by atoms with van der Waals surface area (Å²) in [5.41, 5.74) is 1.63. The molecule has 124 valence electrons. The summed E-state index contributed by atoms with van der Waals surface area (Å²) in [5, 5.41) is 15.0. The summed E-state index contributed by atoms with van der Waals surface area (Å²) in [7, 11) is 1.64. The van der Waals surface area contributed by atoms with Crippen LogP contribution in [0.25, 0.3) is 0 Å². The van der Waals surface area contributed by atoms with E-state index in [1.54, 1.807) is 19.2 Å². The van der Waals surface area contributed by atoms with Gasteiger partial charge in [-0.3, -0.25) is 15.0 Å². The average molecular weight is 321 g/mol. The van der Waals surface area contributed by atoms with E-state index < -0.39 is 4.92 Å². The van der Waals surface area contributed by atoms with E-state index in [1.165, 1.54) is 12.1 Å². The van der Waals surface area contributed by atoms with Gasteiger partial charge in [0.05, 0.1) is 36.4 Å². The first kappa shape index (κ1) is 15.9. The van der Waals surface area contributed by atoms with E-state index in [0.29, 0.717) is 19.8 Å². The fraction of sp³-hybridized carbons (Fsp3) is 0.533. The number of nitro benzene ring substituents is 1. The zero-order valence-electron chi connectivity index (χ0n) is 12.9. The number of ether oxygens (including phenoxy) is 2. The molecule has 0 aliphatic carbocycles. The number of benzene rings is 1. The first-order chi connectivity index (χ1) is 11.2. The molecule has 0 aromatic heterocycles. The first-order valence-corrected chi connectivity index (χ1v) is 7.50. The topological polar surface area (TPSA) is 86.4 Å². The van der Waals surface area contributed by atoms with Crippen LogP contribution in [0.15, 0.2) is 29.4 Å². The lowest BCUT2D eigenvalue weighted by Gasteiger charge is -2.33. The summed E-state index contributed by atoms with van der Waals surface area (Å²) < 4.78 is 10.7. The molecule has 2 aliphatic heterocycles. The van der Waals surface area contributed by atoms with Gasteiger partial charge in [0.15, 0.2) is 6.23 Å². The molecule has 0 amide bonds. The summed E-state index contributed by atoms with van der Waals surface area (Å²) in [6, 6.07) is 6.35. The van der Waals surface area contributed by atoms with Gasteiger partial charge in [0.25, 0.3) is 5.69 Å². The molecular formula is C15H19N3O5. The molecule has 0 spiro atoms. The first-order valence-electron chi connectivity index (χ1n) is 7.50. The Morgan fingerprint density at radius 1 is 1.35 bits per heavy atom. The van der Waals surface area contributed by atoms with Crippen molar-refractivity contribution in [2.24, 2.45) is 11.1 Å². The molecule has 2 heterocycles. The van der Waals surface area contributed by atoms with Gasteiger partial charge in [0, 0.05) is 37.9 Å². The number of rotatable bonds is 5. The van der Waals surface area contributed by atoms with Crippen LogP contribution in [0.4, 0.5) is 5.69 Å². The SMILES string of the molecule is COC[C@H]1C(c2ccc([N+](=O)[O-])cc2)=NO[C@@H]1N1CCOCC1. The van der Waals surface area contributed by atoms with Crippen molar-refractivity contribution in [3.63, 3.8) is 0 Å². The quantitative estimate of drug-likeness (QED) is 0.599. The van der Waals surface area contributed by atoms with Gasteiger partial charge in [-0.1, -0.05) is 5.16 Å². The number of non-ortho nitro benzene ring substituents is 1. The van der Waals surface area contributed by atoms with E-state index in [4.69, 9.17) is 14.3 Å². The third-order valence-electron chi connectivity index (χ3n) is 4.08. The lowest BCUT2D eigenvalue weighted by atomic mass is 9.95. The molecule has 0 bridgehead atoms. The molecule has 2 atom stereocenters. The Balaban J connectivity index is 1.79. The Kier molecular flexibility index (Phi) is 4.85. The number of oxime groups is 1. The highest BCUT2D eigenvalue weighted by Gasteiger charge is 2.39. The molecule has 0 saturated carbocycles. The van der Waals surface area contributed by atoms with Crippen molar-refractivity contribution in [1.82, 2.24) is 4.90 Å². The van der Waals surface area contributed by atoms with Crippen LogP contribution in [0.1, 0.15) is 5.56 Å². The minimum absolute atomic E-state index is 0.0421. The van der Waals surface area contributed by atoms with Crippen LogP contribution in [-0.4, -0.2) is 61.8 Å². The van der Waals surface area contributed by atoms with Crippen LogP contribution in [0.3, 0.4) is 0 Å². The lowest BCUT2D eigenvalue weighted by molar-refractivity contribution is -0.384. The van der Waals surface area contributed by atoms with Crippen molar-refractivity contribution >= 4 is 11.4 Å². The Morgan fingerprint density at radius 2 is 2.04 bits per heavy atom. The summed E-state index contributed by atoms with van der Waals surface area (Å²) in [4.78, 5) is 18.2. The number of morpholine rings is 1. The maximum atomic E-state index is 10.8. The van der Waals surface area contributed by atoms with Crippen LogP contribution >= 0.6 is 0 Å². The largest absolute Gasteiger partial charge is 0.384 e. The second-order valence-electron chi connectivity index (χ2n) is 5.49. The Hall–Kier alpha value is -2.03. The number of hydrogen-bond acceptors (Lipinski definition) is 7. The van der Waals surface area contributed by atoms with E-state index in [2.05, 4.69) is 10.1 Å². The molecule has 8 heteroatoms. The fourth-order valence-corrected chi connectivity index (χ4v) is 2.90. The molecule has 8 nitrogen and oxygen atoms in total. The summed E-state index contributed by atoms with van der Waals surface area (Å²) in [5.74, 6) is -0.0421. The van der Waals surface area contributed by atoms with Gasteiger partial charge in [-0.05, 0) is 12.1 Å². The standard InChI is InChI=1S/C15H19N3O5/c1-21-10-13-14(11-2-4-12(5-3-11)18(19)20)16-23-15(13)17-6-8-22-9-7-17/h2-5,13,15H,6-10H2,1H3/t13-,15-/m0/s1. The monoisotopic (exact) mass is 321 g/mol. The highest BCUT2D eigenvalue weighted by Crippen LogP contribution is 2.27. The smallest absolute Gasteiger partial charge is 0.269 e. The van der Waals surface area contributed by atoms with Crippen molar-refractivity contribution < 1.29 is 19.2 Å². The molecule has 1 aromatic rings. The molecular weight excluding hydrogens is 302 g/mol. The third-order valence-corrected chi connectivity index (χ3v) is 4.08. The fourth-order valence-electron chi connectivity index (χ4n) is 2.90. The highest BCUT2D eigenvalue weighted by atomic mass is 16.7. The van der Waals surface area contributed by atoms with Gasteiger partial charge in [-0.25, -0.2) is 0 Å². The molecule has 2 aliphatic rings. The minimum atomic E-state index is -0.417. The second kappa shape index (κ2) is 7.03. The van der Waals surface area contributed by atoms with Gasteiger partial charge in [-0.15, -0.1) is 0 Å². The predicted molar refractivity (Wildman–Crippen MR) is 82.3 cm³/mol.